The van der Waals surface area contributed by atoms with Crippen LogP contribution in [0.15, 0.2) is 227 Å². The van der Waals surface area contributed by atoms with Crippen LogP contribution in [-0.4, -0.2) is 9.97 Å². The molecule has 2 aromatic heterocycles. The molecule has 0 N–H and O–H groups in total. The zero-order valence-corrected chi connectivity index (χ0v) is 36.9. The molecular weight excluding hydrogens is 821 g/mol. The minimum atomic E-state index is -0.332. The molecule has 0 aliphatic heterocycles. The number of aromatic nitrogens is 2. The molecule has 0 amide bonds. The fourth-order valence-corrected chi connectivity index (χ4v) is 10.1. The van der Waals surface area contributed by atoms with Crippen molar-refractivity contribution in [1.29, 1.82) is 0 Å². The Bertz CT molecular complexity index is 3580. The fourth-order valence-electron chi connectivity index (χ4n) is 10.1. The van der Waals surface area contributed by atoms with Gasteiger partial charge in [-0.2, -0.15) is 0 Å². The molecule has 6 heteroatoms. The number of para-hydroxylation sites is 4. The van der Waals surface area contributed by atoms with Crippen molar-refractivity contribution < 1.29 is 8.83 Å². The molecular formula is C61H42N4O2. The molecule has 6 nitrogen and oxygen atoms in total. The maximum absolute atomic E-state index is 6.28. The van der Waals surface area contributed by atoms with Gasteiger partial charge in [-0.3, -0.25) is 0 Å². The molecule has 1 aliphatic carbocycles. The highest BCUT2D eigenvalue weighted by Crippen LogP contribution is 2.53. The lowest BCUT2D eigenvalue weighted by molar-refractivity contribution is 0.619. The third-order valence-electron chi connectivity index (χ3n) is 13.4. The largest absolute Gasteiger partial charge is 0.436 e. The van der Waals surface area contributed by atoms with Gasteiger partial charge >= 0.3 is 0 Å². The zero-order valence-electron chi connectivity index (χ0n) is 36.9. The molecule has 67 heavy (non-hydrogen) atoms. The van der Waals surface area contributed by atoms with Crippen LogP contribution < -0.4 is 9.80 Å². The Morgan fingerprint density at radius 2 is 0.731 bits per heavy atom. The molecule has 2 heterocycles. The number of fused-ring (bicyclic) bond motifs is 7. The highest BCUT2D eigenvalue weighted by Gasteiger charge is 2.37. The molecule has 1 aliphatic rings. The van der Waals surface area contributed by atoms with Gasteiger partial charge in [0.2, 0.25) is 11.8 Å². The summed E-state index contributed by atoms with van der Waals surface area (Å²) in [5.41, 5.74) is 16.0. The Hall–Kier alpha value is -8.74. The average molecular weight is 863 g/mol. The van der Waals surface area contributed by atoms with E-state index in [0.717, 1.165) is 67.5 Å². The third-order valence-corrected chi connectivity index (χ3v) is 13.4. The molecule has 0 radical (unpaired) electrons. The molecule has 318 valence electrons. The van der Waals surface area contributed by atoms with E-state index in [2.05, 4.69) is 194 Å². The molecule has 0 unspecified atom stereocenters. The van der Waals surface area contributed by atoms with Gasteiger partial charge in [0, 0.05) is 50.7 Å². The Labute approximate surface area is 387 Å². The van der Waals surface area contributed by atoms with Crippen molar-refractivity contribution in [3.05, 3.63) is 230 Å². The van der Waals surface area contributed by atoms with Crippen molar-refractivity contribution in [3.63, 3.8) is 0 Å². The average Bonchev–Trinajstić information content (AvgIpc) is 4.07. The quantitative estimate of drug-likeness (QED) is 0.152. The van der Waals surface area contributed by atoms with Gasteiger partial charge in [-0.25, -0.2) is 9.97 Å². The second-order valence-electron chi connectivity index (χ2n) is 17.9. The summed E-state index contributed by atoms with van der Waals surface area (Å²) in [5.74, 6) is 1.19. The van der Waals surface area contributed by atoms with Gasteiger partial charge < -0.3 is 18.6 Å². The van der Waals surface area contributed by atoms with Crippen LogP contribution in [0.1, 0.15) is 25.0 Å². The second kappa shape index (κ2) is 15.2. The summed E-state index contributed by atoms with van der Waals surface area (Å²) in [6.45, 7) is 4.71. The number of hydrogen-bond acceptors (Lipinski definition) is 6. The monoisotopic (exact) mass is 862 g/mol. The minimum absolute atomic E-state index is 0.332. The van der Waals surface area contributed by atoms with Gasteiger partial charge in [0.15, 0.2) is 11.2 Å². The lowest BCUT2D eigenvalue weighted by Crippen LogP contribution is -2.17. The lowest BCUT2D eigenvalue weighted by Gasteiger charge is -2.29. The molecule has 0 spiro atoms. The maximum Gasteiger partial charge on any atom is 0.227 e. The van der Waals surface area contributed by atoms with Crippen LogP contribution >= 0.6 is 0 Å². The number of nitrogens with zero attached hydrogens (tertiary/aromatic N) is 4. The topological polar surface area (TPSA) is 58.5 Å². The lowest BCUT2D eigenvalue weighted by atomic mass is 9.82. The third kappa shape index (κ3) is 6.56. The van der Waals surface area contributed by atoms with Gasteiger partial charge in [-0.1, -0.05) is 123 Å². The van der Waals surface area contributed by atoms with Gasteiger partial charge in [-0.15, -0.1) is 0 Å². The maximum atomic E-state index is 6.28. The van der Waals surface area contributed by atoms with E-state index in [0.29, 0.717) is 11.8 Å². The van der Waals surface area contributed by atoms with Crippen molar-refractivity contribution in [2.45, 2.75) is 19.3 Å². The van der Waals surface area contributed by atoms with Gasteiger partial charge in [0.1, 0.15) is 11.0 Å². The molecule has 10 aromatic carbocycles. The summed E-state index contributed by atoms with van der Waals surface area (Å²) in [5, 5.41) is 4.75. The van der Waals surface area contributed by atoms with Crippen LogP contribution in [0.25, 0.3) is 77.8 Å². The van der Waals surface area contributed by atoms with Crippen LogP contribution in [0, 0.1) is 0 Å². The first-order valence-electron chi connectivity index (χ1n) is 22.7. The van der Waals surface area contributed by atoms with E-state index < -0.39 is 0 Å². The molecule has 12 aromatic rings. The highest BCUT2D eigenvalue weighted by molar-refractivity contribution is 5.94. The van der Waals surface area contributed by atoms with E-state index in [1.54, 1.807) is 0 Å². The number of hydrogen-bond donors (Lipinski definition) is 0. The standard InChI is InChI=1S/C61H42N4O2/c1-61(2)53-37-49(64(47-27-25-39-13-3-5-15-41(39)33-47)45-19-11-17-43(35-45)59-62-55-21-7-9-23-57(55)66-59)29-31-51(53)52-32-30-50(38-54(52)61)65(48-28-26-40-14-4-6-16-42(40)34-48)46-20-12-18-44(36-46)60-63-56-22-8-10-24-58(56)67-60/h3-38H,1-2H3. The molecule has 0 saturated heterocycles. The molecule has 0 saturated carbocycles. The fraction of sp³-hybridized carbons (Fsp3) is 0.0492. The number of oxazole rings is 2. The van der Waals surface area contributed by atoms with Crippen LogP contribution in [0.2, 0.25) is 0 Å². The molecule has 0 bridgehead atoms. The Morgan fingerprint density at radius 3 is 1.19 bits per heavy atom. The Balaban J connectivity index is 0.926. The smallest absolute Gasteiger partial charge is 0.227 e. The van der Waals surface area contributed by atoms with Crippen LogP contribution in [0.3, 0.4) is 0 Å². The summed E-state index contributed by atoms with van der Waals surface area (Å²) in [6.07, 6.45) is 0. The van der Waals surface area contributed by atoms with Crippen molar-refractivity contribution in [2.24, 2.45) is 0 Å². The molecule has 0 fully saturated rings. The second-order valence-corrected chi connectivity index (χ2v) is 17.9. The van der Waals surface area contributed by atoms with E-state index in [-0.39, 0.29) is 5.41 Å². The number of rotatable bonds is 8. The summed E-state index contributed by atoms with van der Waals surface area (Å²) in [4.78, 5) is 14.4. The van der Waals surface area contributed by atoms with Crippen molar-refractivity contribution in [1.82, 2.24) is 9.97 Å². The van der Waals surface area contributed by atoms with E-state index in [9.17, 15) is 0 Å². The van der Waals surface area contributed by atoms with E-state index >= 15 is 0 Å². The van der Waals surface area contributed by atoms with Crippen molar-refractivity contribution >= 4 is 77.9 Å². The summed E-state index contributed by atoms with van der Waals surface area (Å²) >= 11 is 0. The van der Waals surface area contributed by atoms with Gasteiger partial charge in [0.05, 0.1) is 0 Å². The highest BCUT2D eigenvalue weighted by atomic mass is 16.4. The van der Waals surface area contributed by atoms with Crippen molar-refractivity contribution in [2.75, 3.05) is 9.80 Å². The zero-order chi connectivity index (χ0) is 44.6. The first-order chi connectivity index (χ1) is 32.9. The van der Waals surface area contributed by atoms with Crippen LogP contribution in [0.4, 0.5) is 34.1 Å². The summed E-state index contributed by atoms with van der Waals surface area (Å²) in [6, 6.07) is 77.2. The van der Waals surface area contributed by atoms with E-state index in [1.807, 2.05) is 48.5 Å². The van der Waals surface area contributed by atoms with E-state index in [4.69, 9.17) is 18.8 Å². The summed E-state index contributed by atoms with van der Waals surface area (Å²) in [7, 11) is 0. The Kier molecular flexibility index (Phi) is 8.77. The molecule has 13 rings (SSSR count). The van der Waals surface area contributed by atoms with Crippen LogP contribution in [0.5, 0.6) is 0 Å². The first kappa shape index (κ1) is 38.7. The predicted molar refractivity (Wildman–Crippen MR) is 274 cm³/mol. The normalized spacial score (nSPS) is 12.7. The number of anilines is 6. The predicted octanol–water partition coefficient (Wildman–Crippen LogP) is 16.9. The Morgan fingerprint density at radius 1 is 0.343 bits per heavy atom. The summed E-state index contributed by atoms with van der Waals surface area (Å²) < 4.78 is 12.6. The SMILES string of the molecule is CC1(C)c2cc(N(c3cccc(-c4nc5ccccc5o4)c3)c3ccc4ccccc4c3)ccc2-c2ccc(N(c3cccc(-c4nc5ccccc5o4)c3)c3ccc4ccccc4c3)cc21. The van der Waals surface area contributed by atoms with Gasteiger partial charge in [0.25, 0.3) is 0 Å². The first-order valence-corrected chi connectivity index (χ1v) is 22.7. The van der Waals surface area contributed by atoms with Gasteiger partial charge in [-0.05, 0) is 153 Å². The van der Waals surface area contributed by atoms with Crippen molar-refractivity contribution in [3.8, 4) is 34.0 Å². The number of benzene rings is 10. The minimum Gasteiger partial charge on any atom is -0.436 e. The van der Waals surface area contributed by atoms with E-state index in [1.165, 1.54) is 43.8 Å². The van der Waals surface area contributed by atoms with Crippen LogP contribution in [-0.2, 0) is 5.41 Å². The molecule has 0 atom stereocenters.